The maximum atomic E-state index is 11.8. The Kier molecular flexibility index (Phi) is 4.18. The van der Waals surface area contributed by atoms with E-state index in [1.807, 2.05) is 18.2 Å². The van der Waals surface area contributed by atoms with Crippen LogP contribution in [0.2, 0.25) is 0 Å². The highest BCUT2D eigenvalue weighted by Crippen LogP contribution is 2.52. The maximum absolute atomic E-state index is 11.8. The van der Waals surface area contributed by atoms with Crippen LogP contribution >= 0.6 is 0 Å². The van der Waals surface area contributed by atoms with Crippen molar-refractivity contribution in [3.05, 3.63) is 60.2 Å². The summed E-state index contributed by atoms with van der Waals surface area (Å²) in [5.74, 6) is 0. The zero-order valence-corrected chi connectivity index (χ0v) is 15.2. The first-order chi connectivity index (χ1) is 12.0. The first-order valence-electron chi connectivity index (χ1n) is 8.80. The molecule has 132 valence electrons. The third-order valence-corrected chi connectivity index (χ3v) is 6.18. The number of hydrogen-bond donors (Lipinski definition) is 2. The van der Waals surface area contributed by atoms with Crippen molar-refractivity contribution in [3.8, 4) is 11.1 Å². The molecule has 1 aliphatic heterocycles. The van der Waals surface area contributed by atoms with Crippen molar-refractivity contribution < 1.29 is 8.42 Å². The van der Waals surface area contributed by atoms with Crippen molar-refractivity contribution >= 4 is 10.0 Å². The van der Waals surface area contributed by atoms with Gasteiger partial charge in [-0.25, -0.2) is 13.1 Å². The lowest BCUT2D eigenvalue weighted by Gasteiger charge is -2.24. The van der Waals surface area contributed by atoms with Crippen molar-refractivity contribution in [2.24, 2.45) is 5.41 Å². The lowest BCUT2D eigenvalue weighted by Crippen LogP contribution is -2.47. The average molecular weight is 356 g/mol. The number of hydrogen-bond acceptors (Lipinski definition) is 3. The number of benzene rings is 2. The van der Waals surface area contributed by atoms with Gasteiger partial charge in [0.1, 0.15) is 0 Å². The molecule has 4 rings (SSSR count). The zero-order valence-electron chi connectivity index (χ0n) is 14.4. The van der Waals surface area contributed by atoms with E-state index in [2.05, 4.69) is 46.4 Å². The molecule has 2 unspecified atom stereocenters. The maximum Gasteiger partial charge on any atom is 0.209 e. The smallest absolute Gasteiger partial charge is 0.209 e. The summed E-state index contributed by atoms with van der Waals surface area (Å²) in [5.41, 5.74) is 3.76. The summed E-state index contributed by atoms with van der Waals surface area (Å²) in [5, 5.41) is 3.56. The second-order valence-electron chi connectivity index (χ2n) is 7.49. The highest BCUT2D eigenvalue weighted by atomic mass is 32.2. The summed E-state index contributed by atoms with van der Waals surface area (Å²) in [6.07, 6.45) is 4.30. The molecule has 2 N–H and O–H groups in total. The molecule has 1 aliphatic carbocycles. The van der Waals surface area contributed by atoms with Crippen LogP contribution in [0.15, 0.2) is 54.6 Å². The van der Waals surface area contributed by atoms with E-state index < -0.39 is 10.0 Å². The summed E-state index contributed by atoms with van der Waals surface area (Å²) in [6, 6.07) is 19.0. The summed E-state index contributed by atoms with van der Waals surface area (Å²) < 4.78 is 26.5. The zero-order chi connectivity index (χ0) is 17.5. The van der Waals surface area contributed by atoms with Crippen LogP contribution in [0, 0.1) is 5.41 Å². The van der Waals surface area contributed by atoms with Gasteiger partial charge in [0.15, 0.2) is 0 Å². The molecule has 2 aromatic rings. The first kappa shape index (κ1) is 16.8. The molecule has 1 saturated carbocycles. The van der Waals surface area contributed by atoms with Gasteiger partial charge in [-0.3, -0.25) is 0 Å². The minimum absolute atomic E-state index is 0.0112. The van der Waals surface area contributed by atoms with Crippen LogP contribution in [0.1, 0.15) is 18.4 Å². The standard InChI is InChI=1S/C20H24N2O2S/c1-25(23,24)22-19-18(21-14-20(19)10-11-20)13-15-6-5-9-17(12-15)16-7-3-2-4-8-16/h2-9,12,18-19,21-22H,10-11,13-14H2,1H3. The predicted molar refractivity (Wildman–Crippen MR) is 101 cm³/mol. The van der Waals surface area contributed by atoms with Gasteiger partial charge >= 0.3 is 0 Å². The van der Waals surface area contributed by atoms with E-state index in [0.29, 0.717) is 0 Å². The van der Waals surface area contributed by atoms with E-state index in [0.717, 1.165) is 25.8 Å². The summed E-state index contributed by atoms with van der Waals surface area (Å²) >= 11 is 0. The topological polar surface area (TPSA) is 58.2 Å². The van der Waals surface area contributed by atoms with Gasteiger partial charge in [-0.05, 0) is 36.0 Å². The van der Waals surface area contributed by atoms with Crippen LogP contribution in [0.4, 0.5) is 0 Å². The third-order valence-electron chi connectivity index (χ3n) is 5.50. The second kappa shape index (κ2) is 6.24. The van der Waals surface area contributed by atoms with Gasteiger partial charge in [0.05, 0.1) is 6.26 Å². The Bertz CT molecular complexity index is 860. The van der Waals surface area contributed by atoms with E-state index in [1.54, 1.807) is 0 Å². The molecule has 0 amide bonds. The molecule has 0 radical (unpaired) electrons. The van der Waals surface area contributed by atoms with Gasteiger partial charge in [-0.1, -0.05) is 54.6 Å². The summed E-state index contributed by atoms with van der Waals surface area (Å²) in [6.45, 7) is 0.906. The fraction of sp³-hybridized carbons (Fsp3) is 0.400. The van der Waals surface area contributed by atoms with Crippen LogP contribution in [-0.4, -0.2) is 33.3 Å². The summed E-state index contributed by atoms with van der Waals surface area (Å²) in [7, 11) is -3.20. The normalized spacial score (nSPS) is 24.5. The first-order valence-corrected chi connectivity index (χ1v) is 10.7. The molecule has 1 spiro atoms. The van der Waals surface area contributed by atoms with E-state index in [1.165, 1.54) is 22.9 Å². The van der Waals surface area contributed by atoms with Crippen LogP contribution in [0.3, 0.4) is 0 Å². The number of rotatable bonds is 5. The molecule has 2 fully saturated rings. The van der Waals surface area contributed by atoms with E-state index in [-0.39, 0.29) is 17.5 Å². The molecule has 2 aromatic carbocycles. The Morgan fingerprint density at radius 1 is 1.08 bits per heavy atom. The van der Waals surface area contributed by atoms with Crippen molar-refractivity contribution in [3.63, 3.8) is 0 Å². The fourth-order valence-electron chi connectivity index (χ4n) is 4.03. The van der Waals surface area contributed by atoms with Crippen molar-refractivity contribution in [1.29, 1.82) is 0 Å². The molecule has 2 aliphatic rings. The molecule has 25 heavy (non-hydrogen) atoms. The molecule has 2 atom stereocenters. The highest BCUT2D eigenvalue weighted by Gasteiger charge is 2.56. The second-order valence-corrected chi connectivity index (χ2v) is 9.27. The van der Waals surface area contributed by atoms with Gasteiger partial charge < -0.3 is 5.32 Å². The van der Waals surface area contributed by atoms with Crippen molar-refractivity contribution in [1.82, 2.24) is 10.0 Å². The lowest BCUT2D eigenvalue weighted by atomic mass is 9.92. The Balaban J connectivity index is 1.55. The quantitative estimate of drug-likeness (QED) is 0.866. The van der Waals surface area contributed by atoms with Crippen LogP contribution in [0.5, 0.6) is 0 Å². The average Bonchev–Trinajstić information content (AvgIpc) is 3.31. The highest BCUT2D eigenvalue weighted by molar-refractivity contribution is 7.88. The summed E-state index contributed by atoms with van der Waals surface area (Å²) in [4.78, 5) is 0. The van der Waals surface area contributed by atoms with E-state index >= 15 is 0 Å². The Labute approximate surface area is 149 Å². The lowest BCUT2D eigenvalue weighted by molar-refractivity contribution is 0.410. The number of sulfonamides is 1. The van der Waals surface area contributed by atoms with Gasteiger partial charge in [0.25, 0.3) is 0 Å². The van der Waals surface area contributed by atoms with E-state index in [4.69, 9.17) is 0 Å². The fourth-order valence-corrected chi connectivity index (χ4v) is 4.90. The third kappa shape index (κ3) is 3.64. The monoisotopic (exact) mass is 356 g/mol. The minimum Gasteiger partial charge on any atom is -0.311 e. The Morgan fingerprint density at radius 3 is 2.48 bits per heavy atom. The van der Waals surface area contributed by atoms with Crippen LogP contribution in [0.25, 0.3) is 11.1 Å². The van der Waals surface area contributed by atoms with E-state index in [9.17, 15) is 8.42 Å². The molecule has 1 heterocycles. The minimum atomic E-state index is -3.20. The van der Waals surface area contributed by atoms with Gasteiger partial charge in [-0.15, -0.1) is 0 Å². The van der Waals surface area contributed by atoms with Gasteiger partial charge in [-0.2, -0.15) is 0 Å². The molecule has 5 heteroatoms. The Hall–Kier alpha value is -1.69. The van der Waals surface area contributed by atoms with Crippen LogP contribution < -0.4 is 10.0 Å². The van der Waals surface area contributed by atoms with Gasteiger partial charge in [0.2, 0.25) is 10.0 Å². The predicted octanol–water partition coefficient (Wildman–Crippen LogP) is 2.57. The SMILES string of the molecule is CS(=O)(=O)NC1C(Cc2cccc(-c3ccccc3)c2)NCC12CC2. The molecule has 4 nitrogen and oxygen atoms in total. The molecular weight excluding hydrogens is 332 g/mol. The largest absolute Gasteiger partial charge is 0.311 e. The van der Waals surface area contributed by atoms with Crippen molar-refractivity contribution in [2.75, 3.05) is 12.8 Å². The number of nitrogens with one attached hydrogen (secondary N) is 2. The van der Waals surface area contributed by atoms with Crippen molar-refractivity contribution in [2.45, 2.75) is 31.3 Å². The molecule has 0 aromatic heterocycles. The Morgan fingerprint density at radius 2 is 1.80 bits per heavy atom. The van der Waals surface area contributed by atoms with Gasteiger partial charge in [0, 0.05) is 24.0 Å². The molecule has 1 saturated heterocycles. The molecular formula is C20H24N2O2S. The molecule has 0 bridgehead atoms. The van der Waals surface area contributed by atoms with Crippen LogP contribution in [-0.2, 0) is 16.4 Å².